The maximum Gasteiger partial charge on any atom is 0.253 e. The number of aliphatic hydroxyl groups excluding tert-OH is 2. The van der Waals surface area contributed by atoms with Crippen LogP contribution in [0.3, 0.4) is 0 Å². The second-order valence-electron chi connectivity index (χ2n) is 6.48. The smallest absolute Gasteiger partial charge is 0.253 e. The molecule has 3 N–H and O–H groups in total. The minimum Gasteiger partial charge on any atom is -0.392 e. The fraction of sp³-hybridized carbons (Fsp3) is 0.350. The fourth-order valence-corrected chi connectivity index (χ4v) is 3.15. The third-order valence-electron chi connectivity index (χ3n) is 4.58. The predicted octanol–water partition coefficient (Wildman–Crippen LogP) is 1.60. The number of aliphatic hydroxyl groups is 2. The molecule has 0 aromatic heterocycles. The van der Waals surface area contributed by atoms with Crippen LogP contribution in [0.2, 0.25) is 0 Å². The van der Waals surface area contributed by atoms with E-state index in [2.05, 4.69) is 10.2 Å². The Labute approximate surface area is 147 Å². The molecule has 2 aromatic rings. The second-order valence-corrected chi connectivity index (χ2v) is 6.48. The number of benzene rings is 2. The van der Waals surface area contributed by atoms with Crippen LogP contribution in [-0.2, 0) is 17.9 Å². The maximum atomic E-state index is 12.2. The molecular weight excluding hydrogens is 316 g/mol. The van der Waals surface area contributed by atoms with Crippen LogP contribution in [0.15, 0.2) is 54.6 Å². The summed E-state index contributed by atoms with van der Waals surface area (Å²) in [4.78, 5) is 14.4. The van der Waals surface area contributed by atoms with Crippen molar-refractivity contribution in [3.8, 4) is 0 Å². The first-order chi connectivity index (χ1) is 12.1. The van der Waals surface area contributed by atoms with Gasteiger partial charge in [0.2, 0.25) is 0 Å². The summed E-state index contributed by atoms with van der Waals surface area (Å²) in [6, 6.07) is 16.9. The first-order valence-corrected chi connectivity index (χ1v) is 8.61. The Balaban J connectivity index is 1.60. The molecule has 1 saturated heterocycles. The lowest BCUT2D eigenvalue weighted by Gasteiger charge is -2.18. The van der Waals surface area contributed by atoms with Gasteiger partial charge in [0.05, 0.1) is 6.10 Å². The Bertz CT molecular complexity index is 705. The van der Waals surface area contributed by atoms with Crippen LogP contribution in [0, 0.1) is 0 Å². The van der Waals surface area contributed by atoms with E-state index < -0.39 is 12.0 Å². The topological polar surface area (TPSA) is 72.8 Å². The van der Waals surface area contributed by atoms with E-state index in [1.807, 2.05) is 30.3 Å². The Morgan fingerprint density at radius 2 is 1.80 bits per heavy atom. The molecule has 0 spiro atoms. The minimum atomic E-state index is -1.16. The van der Waals surface area contributed by atoms with Crippen LogP contribution in [0.25, 0.3) is 0 Å². The normalized spacial score (nSPS) is 18.9. The number of amides is 1. The highest BCUT2D eigenvalue weighted by atomic mass is 16.3. The van der Waals surface area contributed by atoms with Gasteiger partial charge in [-0.05, 0) is 23.1 Å². The van der Waals surface area contributed by atoms with Gasteiger partial charge in [-0.2, -0.15) is 0 Å². The number of hydrogen-bond acceptors (Lipinski definition) is 4. The zero-order chi connectivity index (χ0) is 17.6. The summed E-state index contributed by atoms with van der Waals surface area (Å²) in [6.45, 7) is 2.70. The molecule has 5 heteroatoms. The first kappa shape index (κ1) is 17.6. The molecule has 0 saturated carbocycles. The van der Waals surface area contributed by atoms with Crippen LogP contribution in [-0.4, -0.2) is 40.2 Å². The van der Waals surface area contributed by atoms with Gasteiger partial charge in [-0.25, -0.2) is 0 Å². The molecule has 0 bridgehead atoms. The zero-order valence-corrected chi connectivity index (χ0v) is 14.1. The van der Waals surface area contributed by atoms with E-state index in [0.29, 0.717) is 18.7 Å². The van der Waals surface area contributed by atoms with E-state index >= 15 is 0 Å². The summed E-state index contributed by atoms with van der Waals surface area (Å²) >= 11 is 0. The summed E-state index contributed by atoms with van der Waals surface area (Å²) in [7, 11) is 0. The van der Waals surface area contributed by atoms with Crippen LogP contribution >= 0.6 is 0 Å². The SMILES string of the molecule is O=C(NCc1ccccc1CN1CC[C@H](O)C1)[C@H](O)c1ccccc1. The van der Waals surface area contributed by atoms with Crippen molar-refractivity contribution in [2.75, 3.05) is 13.1 Å². The van der Waals surface area contributed by atoms with Gasteiger partial charge in [-0.15, -0.1) is 0 Å². The van der Waals surface area contributed by atoms with Crippen molar-refractivity contribution in [2.45, 2.75) is 31.7 Å². The van der Waals surface area contributed by atoms with Gasteiger partial charge in [0.1, 0.15) is 0 Å². The Kier molecular flexibility index (Phi) is 5.81. The molecule has 25 heavy (non-hydrogen) atoms. The lowest BCUT2D eigenvalue weighted by atomic mass is 10.1. The highest BCUT2D eigenvalue weighted by Gasteiger charge is 2.21. The largest absolute Gasteiger partial charge is 0.392 e. The molecular formula is C20H24N2O3. The molecule has 0 unspecified atom stereocenters. The van der Waals surface area contributed by atoms with Gasteiger partial charge in [-0.3, -0.25) is 9.69 Å². The van der Waals surface area contributed by atoms with Crippen molar-refractivity contribution in [3.05, 3.63) is 71.3 Å². The van der Waals surface area contributed by atoms with Crippen LogP contribution in [0.4, 0.5) is 0 Å². The average molecular weight is 340 g/mol. The standard InChI is InChI=1S/C20H24N2O3/c23-18-10-11-22(14-18)13-17-9-5-4-8-16(17)12-21-20(25)19(24)15-6-2-1-3-7-15/h1-9,18-19,23-24H,10-14H2,(H,21,25)/t18-,19+/m0/s1. The van der Waals surface area contributed by atoms with E-state index in [1.54, 1.807) is 24.3 Å². The molecule has 1 aliphatic rings. The van der Waals surface area contributed by atoms with Gasteiger partial charge in [0.15, 0.2) is 6.10 Å². The van der Waals surface area contributed by atoms with Gasteiger partial charge in [0, 0.05) is 26.2 Å². The van der Waals surface area contributed by atoms with Crippen molar-refractivity contribution in [1.29, 1.82) is 0 Å². The van der Waals surface area contributed by atoms with E-state index in [4.69, 9.17) is 0 Å². The molecule has 1 aliphatic heterocycles. The highest BCUT2D eigenvalue weighted by Crippen LogP contribution is 2.17. The lowest BCUT2D eigenvalue weighted by Crippen LogP contribution is -2.29. The highest BCUT2D eigenvalue weighted by molar-refractivity contribution is 5.81. The van der Waals surface area contributed by atoms with Crippen molar-refractivity contribution < 1.29 is 15.0 Å². The van der Waals surface area contributed by atoms with E-state index in [0.717, 1.165) is 30.6 Å². The maximum absolute atomic E-state index is 12.2. The monoisotopic (exact) mass is 340 g/mol. The van der Waals surface area contributed by atoms with Gasteiger partial charge in [-0.1, -0.05) is 54.6 Å². The van der Waals surface area contributed by atoms with Gasteiger partial charge >= 0.3 is 0 Å². The number of carbonyl (C=O) groups is 1. The molecule has 132 valence electrons. The summed E-state index contributed by atoms with van der Waals surface area (Å²) in [5.74, 6) is -0.405. The molecule has 3 rings (SSSR count). The number of likely N-dealkylation sites (tertiary alicyclic amines) is 1. The first-order valence-electron chi connectivity index (χ1n) is 8.61. The fourth-order valence-electron chi connectivity index (χ4n) is 3.15. The molecule has 1 amide bonds. The molecule has 2 atom stereocenters. The van der Waals surface area contributed by atoms with Gasteiger partial charge < -0.3 is 15.5 Å². The summed E-state index contributed by atoms with van der Waals surface area (Å²) < 4.78 is 0. The molecule has 0 aliphatic carbocycles. The van der Waals surface area contributed by atoms with Crippen molar-refractivity contribution in [1.82, 2.24) is 10.2 Å². The zero-order valence-electron chi connectivity index (χ0n) is 14.1. The van der Waals surface area contributed by atoms with Crippen LogP contribution < -0.4 is 5.32 Å². The number of carbonyl (C=O) groups excluding carboxylic acids is 1. The number of nitrogens with zero attached hydrogens (tertiary/aromatic N) is 1. The minimum absolute atomic E-state index is 0.243. The summed E-state index contributed by atoms with van der Waals surface area (Å²) in [5.41, 5.74) is 2.74. The van der Waals surface area contributed by atoms with Crippen LogP contribution in [0.1, 0.15) is 29.2 Å². The molecule has 5 nitrogen and oxygen atoms in total. The lowest BCUT2D eigenvalue weighted by molar-refractivity contribution is -0.129. The Hall–Kier alpha value is -2.21. The number of nitrogens with one attached hydrogen (secondary N) is 1. The number of rotatable bonds is 6. The Morgan fingerprint density at radius 3 is 2.48 bits per heavy atom. The predicted molar refractivity (Wildman–Crippen MR) is 95.6 cm³/mol. The Morgan fingerprint density at radius 1 is 1.12 bits per heavy atom. The van der Waals surface area contributed by atoms with Crippen molar-refractivity contribution >= 4 is 5.91 Å². The van der Waals surface area contributed by atoms with Gasteiger partial charge in [0.25, 0.3) is 5.91 Å². The molecule has 1 fully saturated rings. The second kappa shape index (κ2) is 8.25. The van der Waals surface area contributed by atoms with E-state index in [-0.39, 0.29) is 6.10 Å². The van der Waals surface area contributed by atoms with Crippen molar-refractivity contribution in [3.63, 3.8) is 0 Å². The molecule has 1 heterocycles. The molecule has 0 radical (unpaired) electrons. The third-order valence-corrected chi connectivity index (χ3v) is 4.58. The molecule has 2 aromatic carbocycles. The van der Waals surface area contributed by atoms with Crippen molar-refractivity contribution in [2.24, 2.45) is 0 Å². The quantitative estimate of drug-likeness (QED) is 0.747. The number of hydrogen-bond donors (Lipinski definition) is 3. The average Bonchev–Trinajstić information content (AvgIpc) is 3.05. The third kappa shape index (κ3) is 4.66. The van der Waals surface area contributed by atoms with E-state index in [9.17, 15) is 15.0 Å². The van der Waals surface area contributed by atoms with Crippen LogP contribution in [0.5, 0.6) is 0 Å². The summed E-state index contributed by atoms with van der Waals surface area (Å²) in [5, 5.41) is 22.6. The van der Waals surface area contributed by atoms with E-state index in [1.165, 1.54) is 0 Å². The number of β-amino-alcohol motifs (C(OH)–C–C–N with tert-alkyl or cyclic N) is 1. The summed E-state index contributed by atoms with van der Waals surface area (Å²) in [6.07, 6.45) is -0.600.